The zero-order valence-electron chi connectivity index (χ0n) is 19.9. The molecule has 0 aliphatic carbocycles. The van der Waals surface area contributed by atoms with Crippen molar-refractivity contribution in [2.75, 3.05) is 6.61 Å². The number of halogens is 2. The molecule has 0 aliphatic heterocycles. The van der Waals surface area contributed by atoms with Crippen LogP contribution in [0, 0.1) is 11.6 Å². The van der Waals surface area contributed by atoms with Gasteiger partial charge in [-0.2, -0.15) is 4.89 Å². The molecule has 0 saturated heterocycles. The van der Waals surface area contributed by atoms with E-state index in [2.05, 4.69) is 6.92 Å². The Morgan fingerprint density at radius 2 is 1.56 bits per heavy atom. The molecule has 0 fully saturated rings. The molecule has 5 heteroatoms. The largest absolute Gasteiger partial charge is 0.376 e. The third-order valence-electron chi connectivity index (χ3n) is 5.89. The zero-order valence-corrected chi connectivity index (χ0v) is 19.9. The summed E-state index contributed by atoms with van der Waals surface area (Å²) in [4.78, 5) is 22.5. The van der Waals surface area contributed by atoms with Crippen molar-refractivity contribution in [3.05, 3.63) is 83.4 Å². The van der Waals surface area contributed by atoms with Crippen LogP contribution < -0.4 is 0 Å². The molecule has 180 valence electrons. The van der Waals surface area contributed by atoms with Gasteiger partial charge in [-0.15, -0.1) is 0 Å². The summed E-state index contributed by atoms with van der Waals surface area (Å²) >= 11 is 0. The summed E-state index contributed by atoms with van der Waals surface area (Å²) in [5.74, 6) is -2.08. The summed E-state index contributed by atoms with van der Waals surface area (Å²) < 4.78 is 30.3. The van der Waals surface area contributed by atoms with Gasteiger partial charge in [0, 0.05) is 5.56 Å². The Hall–Kier alpha value is -3.05. The molecule has 0 saturated carbocycles. The molecule has 0 unspecified atom stereocenters. The fourth-order valence-corrected chi connectivity index (χ4v) is 3.95. The van der Waals surface area contributed by atoms with E-state index in [1.807, 2.05) is 37.3 Å². The van der Waals surface area contributed by atoms with Crippen molar-refractivity contribution in [1.82, 2.24) is 0 Å². The Morgan fingerprint density at radius 3 is 2.26 bits per heavy atom. The van der Waals surface area contributed by atoms with Gasteiger partial charge in [-0.05, 0) is 47.2 Å². The van der Waals surface area contributed by atoms with Crippen LogP contribution in [0.4, 0.5) is 8.78 Å². The Kier molecular flexibility index (Phi) is 9.77. The van der Waals surface area contributed by atoms with Crippen LogP contribution in [0.1, 0.15) is 68.3 Å². The smallest absolute Gasteiger partial charge is 0.293 e. The van der Waals surface area contributed by atoms with E-state index >= 15 is 4.39 Å². The first-order valence-corrected chi connectivity index (χ1v) is 12.1. The maximum atomic E-state index is 15.7. The van der Waals surface area contributed by atoms with Gasteiger partial charge in [-0.1, -0.05) is 94.5 Å². The van der Waals surface area contributed by atoms with Gasteiger partial charge in [0.2, 0.25) is 0 Å². The van der Waals surface area contributed by atoms with Crippen molar-refractivity contribution < 1.29 is 23.4 Å². The minimum absolute atomic E-state index is 0.151. The standard InChI is InChI=1S/C29H32F2O3/c1-3-5-6-7-8-12-19-33-34-29(32)25-18-17-24(22-13-10-9-11-14-22)27(28(25)31)23-16-15-21(4-2)26(30)20-23/h9-11,13-18,20H,3-8,12,19H2,1-2H3. The summed E-state index contributed by atoms with van der Waals surface area (Å²) in [7, 11) is 0. The van der Waals surface area contributed by atoms with Gasteiger partial charge in [0.15, 0.2) is 0 Å². The van der Waals surface area contributed by atoms with Crippen molar-refractivity contribution in [1.29, 1.82) is 0 Å². The molecule has 3 rings (SSSR count). The molecule has 0 radical (unpaired) electrons. The molecule has 0 bridgehead atoms. The van der Waals surface area contributed by atoms with Gasteiger partial charge < -0.3 is 0 Å². The zero-order chi connectivity index (χ0) is 24.3. The molecule has 3 nitrogen and oxygen atoms in total. The second-order valence-electron chi connectivity index (χ2n) is 8.34. The first-order chi connectivity index (χ1) is 16.6. The molecular formula is C29H32F2O3. The van der Waals surface area contributed by atoms with Crippen molar-refractivity contribution in [2.45, 2.75) is 58.8 Å². The summed E-state index contributed by atoms with van der Waals surface area (Å²) in [6.45, 7) is 4.28. The van der Waals surface area contributed by atoms with Crippen LogP contribution in [-0.2, 0) is 16.2 Å². The molecule has 0 N–H and O–H groups in total. The van der Waals surface area contributed by atoms with Crippen molar-refractivity contribution in [3.8, 4) is 22.3 Å². The van der Waals surface area contributed by atoms with Crippen molar-refractivity contribution >= 4 is 5.97 Å². The number of carbonyl (C=O) groups excluding carboxylic acids is 1. The van der Waals surface area contributed by atoms with E-state index in [1.54, 1.807) is 18.2 Å². The van der Waals surface area contributed by atoms with E-state index in [1.165, 1.54) is 31.4 Å². The molecule has 0 heterocycles. The van der Waals surface area contributed by atoms with E-state index in [9.17, 15) is 9.18 Å². The average Bonchev–Trinajstić information content (AvgIpc) is 2.85. The third kappa shape index (κ3) is 6.51. The van der Waals surface area contributed by atoms with Crippen molar-refractivity contribution in [2.24, 2.45) is 0 Å². The van der Waals surface area contributed by atoms with Crippen LogP contribution >= 0.6 is 0 Å². The number of hydrogen-bond acceptors (Lipinski definition) is 3. The van der Waals surface area contributed by atoms with E-state index < -0.39 is 17.6 Å². The minimum atomic E-state index is -0.907. The number of aryl methyl sites for hydroxylation is 1. The molecule has 34 heavy (non-hydrogen) atoms. The molecule has 3 aromatic rings. The fourth-order valence-electron chi connectivity index (χ4n) is 3.95. The molecule has 0 aromatic heterocycles. The molecule has 0 spiro atoms. The number of hydrogen-bond donors (Lipinski definition) is 0. The van der Waals surface area contributed by atoms with Gasteiger partial charge in [-0.3, -0.25) is 4.89 Å². The number of carbonyl (C=O) groups is 1. The van der Waals surface area contributed by atoms with E-state index in [4.69, 9.17) is 9.78 Å². The quantitative estimate of drug-likeness (QED) is 0.153. The lowest BCUT2D eigenvalue weighted by Crippen LogP contribution is -2.10. The lowest BCUT2D eigenvalue weighted by atomic mass is 9.91. The van der Waals surface area contributed by atoms with Gasteiger partial charge in [0.25, 0.3) is 0 Å². The topological polar surface area (TPSA) is 35.5 Å². The average molecular weight is 467 g/mol. The second-order valence-corrected chi connectivity index (χ2v) is 8.34. The monoisotopic (exact) mass is 466 g/mol. The highest BCUT2D eigenvalue weighted by atomic mass is 19.1. The Morgan fingerprint density at radius 1 is 0.824 bits per heavy atom. The highest BCUT2D eigenvalue weighted by Crippen LogP contribution is 2.36. The predicted octanol–water partition coefficient (Wildman–Crippen LogP) is 8.31. The van der Waals surface area contributed by atoms with Crippen LogP contribution in [0.5, 0.6) is 0 Å². The Labute approximate surface area is 200 Å². The predicted molar refractivity (Wildman–Crippen MR) is 131 cm³/mol. The van der Waals surface area contributed by atoms with Crippen LogP contribution in [0.3, 0.4) is 0 Å². The van der Waals surface area contributed by atoms with E-state index in [0.717, 1.165) is 24.8 Å². The molecule has 0 atom stereocenters. The first-order valence-electron chi connectivity index (χ1n) is 12.1. The van der Waals surface area contributed by atoms with Crippen LogP contribution in [0.2, 0.25) is 0 Å². The summed E-state index contributed by atoms with van der Waals surface area (Å²) in [6, 6.07) is 16.9. The van der Waals surface area contributed by atoms with Crippen LogP contribution in [0.25, 0.3) is 22.3 Å². The van der Waals surface area contributed by atoms with Crippen molar-refractivity contribution in [3.63, 3.8) is 0 Å². The molecular weight excluding hydrogens is 434 g/mol. The fraction of sp³-hybridized carbons (Fsp3) is 0.345. The molecule has 3 aromatic carbocycles. The normalized spacial score (nSPS) is 10.9. The summed E-state index contributed by atoms with van der Waals surface area (Å²) in [5.41, 5.74) is 2.12. The first kappa shape index (κ1) is 25.6. The highest BCUT2D eigenvalue weighted by Gasteiger charge is 2.23. The van der Waals surface area contributed by atoms with Gasteiger partial charge in [-0.25, -0.2) is 13.6 Å². The van der Waals surface area contributed by atoms with Gasteiger partial charge >= 0.3 is 5.97 Å². The Bertz CT molecular complexity index is 1080. The number of rotatable bonds is 12. The van der Waals surface area contributed by atoms with Crippen LogP contribution in [0.15, 0.2) is 60.7 Å². The number of benzene rings is 3. The van der Waals surface area contributed by atoms with E-state index in [-0.39, 0.29) is 17.7 Å². The van der Waals surface area contributed by atoms with E-state index in [0.29, 0.717) is 23.1 Å². The van der Waals surface area contributed by atoms with Gasteiger partial charge in [0.05, 0.1) is 12.2 Å². The Balaban J connectivity index is 1.83. The maximum absolute atomic E-state index is 15.7. The highest BCUT2D eigenvalue weighted by molar-refractivity contribution is 5.95. The lowest BCUT2D eigenvalue weighted by Gasteiger charge is -2.15. The summed E-state index contributed by atoms with van der Waals surface area (Å²) in [5, 5.41) is 0. The van der Waals surface area contributed by atoms with Crippen LogP contribution in [-0.4, -0.2) is 12.6 Å². The number of unbranched alkanes of at least 4 members (excludes halogenated alkanes) is 5. The molecule has 0 aliphatic rings. The molecule has 0 amide bonds. The SMILES string of the molecule is CCCCCCCCOOC(=O)c1ccc(-c2ccccc2)c(-c2ccc(CC)c(F)c2)c1F. The summed E-state index contributed by atoms with van der Waals surface area (Å²) in [6.07, 6.45) is 6.96. The minimum Gasteiger partial charge on any atom is -0.293 e. The second kappa shape index (κ2) is 13.0. The van der Waals surface area contributed by atoms with Gasteiger partial charge in [0.1, 0.15) is 11.6 Å². The lowest BCUT2D eigenvalue weighted by molar-refractivity contribution is -0.241. The third-order valence-corrected chi connectivity index (χ3v) is 5.89. The maximum Gasteiger partial charge on any atom is 0.376 e.